The zero-order chi connectivity index (χ0) is 13.0. The predicted molar refractivity (Wildman–Crippen MR) is 70.8 cm³/mol. The van der Waals surface area contributed by atoms with Crippen molar-refractivity contribution in [3.05, 3.63) is 6.07 Å². The lowest BCUT2D eigenvalue weighted by Crippen LogP contribution is -2.42. The van der Waals surface area contributed by atoms with Crippen LogP contribution in [0.3, 0.4) is 0 Å². The maximum Gasteiger partial charge on any atom is 0.232 e. The minimum Gasteiger partial charge on any atom is -0.481 e. The van der Waals surface area contributed by atoms with E-state index in [1.54, 1.807) is 20.3 Å². The van der Waals surface area contributed by atoms with Crippen molar-refractivity contribution in [2.75, 3.05) is 31.5 Å². The van der Waals surface area contributed by atoms with E-state index in [-0.39, 0.29) is 0 Å². The van der Waals surface area contributed by atoms with E-state index in [0.29, 0.717) is 29.6 Å². The predicted octanol–water partition coefficient (Wildman–Crippen LogP) is 2.09. The molecule has 2 rings (SSSR count). The number of hydrogen-bond acceptors (Lipinski definition) is 5. The van der Waals surface area contributed by atoms with Gasteiger partial charge in [0.1, 0.15) is 0 Å². The molecule has 1 saturated carbocycles. The molecule has 1 heterocycles. The fourth-order valence-corrected chi connectivity index (χ4v) is 2.15. The van der Waals surface area contributed by atoms with Gasteiger partial charge in [-0.25, -0.2) is 0 Å². The first kappa shape index (κ1) is 13.2. The summed E-state index contributed by atoms with van der Waals surface area (Å²) in [7, 11) is 3.17. The van der Waals surface area contributed by atoms with Gasteiger partial charge in [-0.2, -0.15) is 9.97 Å². The highest BCUT2D eigenvalue weighted by molar-refractivity contribution is 6.18. The Bertz CT molecular complexity index is 377. The number of alkyl halides is 1. The molecule has 0 bridgehead atoms. The summed E-state index contributed by atoms with van der Waals surface area (Å²) in [6.07, 6.45) is 3.59. The van der Waals surface area contributed by atoms with Crippen molar-refractivity contribution in [3.63, 3.8) is 0 Å². The van der Waals surface area contributed by atoms with Crippen LogP contribution in [0.25, 0.3) is 0 Å². The van der Waals surface area contributed by atoms with Crippen molar-refractivity contribution in [1.29, 1.82) is 0 Å². The van der Waals surface area contributed by atoms with E-state index in [4.69, 9.17) is 21.1 Å². The van der Waals surface area contributed by atoms with Gasteiger partial charge in [-0.15, -0.1) is 11.6 Å². The highest BCUT2D eigenvalue weighted by atomic mass is 35.5. The van der Waals surface area contributed by atoms with Crippen molar-refractivity contribution in [2.45, 2.75) is 25.3 Å². The van der Waals surface area contributed by atoms with Crippen LogP contribution < -0.4 is 14.4 Å². The molecule has 0 saturated heterocycles. The maximum atomic E-state index is 5.86. The van der Waals surface area contributed by atoms with Crippen LogP contribution in [-0.2, 0) is 0 Å². The highest BCUT2D eigenvalue weighted by Gasteiger charge is 2.27. The molecule has 0 aromatic carbocycles. The summed E-state index contributed by atoms with van der Waals surface area (Å²) in [6, 6.07) is 2.16. The number of anilines is 1. The Morgan fingerprint density at radius 3 is 2.28 bits per heavy atom. The Labute approximate surface area is 112 Å². The normalized spacial score (nSPS) is 15.1. The van der Waals surface area contributed by atoms with Crippen molar-refractivity contribution in [1.82, 2.24) is 9.97 Å². The van der Waals surface area contributed by atoms with E-state index < -0.39 is 0 Å². The molecule has 1 aliphatic carbocycles. The molecular weight excluding hydrogens is 254 g/mol. The molecule has 0 N–H and O–H groups in total. The first-order valence-corrected chi connectivity index (χ1v) is 6.61. The number of methoxy groups -OCH3 is 2. The van der Waals surface area contributed by atoms with Crippen LogP contribution in [0.2, 0.25) is 0 Å². The lowest BCUT2D eigenvalue weighted by molar-refractivity contribution is 0.360. The second-order valence-corrected chi connectivity index (χ2v) is 4.60. The molecule has 1 aromatic heterocycles. The molecule has 5 nitrogen and oxygen atoms in total. The summed E-state index contributed by atoms with van der Waals surface area (Å²) in [5.41, 5.74) is 0. The lowest BCUT2D eigenvalue weighted by Gasteiger charge is -2.37. The van der Waals surface area contributed by atoms with Gasteiger partial charge in [-0.1, -0.05) is 0 Å². The molecule has 0 atom stereocenters. The molecular formula is C12H18ClN3O2. The van der Waals surface area contributed by atoms with Crippen molar-refractivity contribution >= 4 is 17.5 Å². The Balaban J connectivity index is 2.26. The molecule has 0 unspecified atom stereocenters. The van der Waals surface area contributed by atoms with E-state index >= 15 is 0 Å². The van der Waals surface area contributed by atoms with E-state index in [2.05, 4.69) is 14.9 Å². The summed E-state index contributed by atoms with van der Waals surface area (Å²) >= 11 is 5.86. The Morgan fingerprint density at radius 2 is 1.89 bits per heavy atom. The number of aromatic nitrogens is 2. The average Bonchev–Trinajstić information content (AvgIpc) is 2.35. The van der Waals surface area contributed by atoms with E-state index in [1.165, 1.54) is 19.3 Å². The van der Waals surface area contributed by atoms with Crippen LogP contribution in [0, 0.1) is 0 Å². The van der Waals surface area contributed by atoms with Crippen LogP contribution in [0.15, 0.2) is 6.07 Å². The summed E-state index contributed by atoms with van der Waals surface area (Å²) < 4.78 is 10.3. The summed E-state index contributed by atoms with van der Waals surface area (Å²) in [5, 5.41) is 0. The minimum atomic E-state index is 0.487. The number of hydrogen-bond donors (Lipinski definition) is 0. The lowest BCUT2D eigenvalue weighted by atomic mass is 9.92. The quantitative estimate of drug-likeness (QED) is 0.742. The van der Waals surface area contributed by atoms with E-state index in [0.717, 1.165) is 6.54 Å². The second-order valence-electron chi connectivity index (χ2n) is 4.22. The monoisotopic (exact) mass is 271 g/mol. The first-order chi connectivity index (χ1) is 8.78. The van der Waals surface area contributed by atoms with E-state index in [1.807, 2.05) is 0 Å². The topological polar surface area (TPSA) is 47.5 Å². The molecule has 0 amide bonds. The summed E-state index contributed by atoms with van der Waals surface area (Å²) in [6.45, 7) is 0.739. The van der Waals surface area contributed by atoms with Gasteiger partial charge in [0.2, 0.25) is 17.7 Å². The molecule has 6 heteroatoms. The molecule has 0 spiro atoms. The van der Waals surface area contributed by atoms with Crippen molar-refractivity contribution < 1.29 is 9.47 Å². The van der Waals surface area contributed by atoms with Gasteiger partial charge < -0.3 is 14.4 Å². The van der Waals surface area contributed by atoms with E-state index in [9.17, 15) is 0 Å². The summed E-state index contributed by atoms with van der Waals surface area (Å²) in [4.78, 5) is 10.9. The molecule has 1 aromatic rings. The zero-order valence-electron chi connectivity index (χ0n) is 10.7. The second kappa shape index (κ2) is 6.09. The van der Waals surface area contributed by atoms with Gasteiger partial charge >= 0.3 is 0 Å². The molecule has 1 aliphatic rings. The average molecular weight is 272 g/mol. The van der Waals surface area contributed by atoms with Crippen LogP contribution in [0.4, 0.5) is 5.95 Å². The van der Waals surface area contributed by atoms with Gasteiger partial charge in [0.25, 0.3) is 0 Å². The number of ether oxygens (including phenoxy) is 2. The Morgan fingerprint density at radius 1 is 1.28 bits per heavy atom. The van der Waals surface area contributed by atoms with Gasteiger partial charge in [-0.05, 0) is 19.3 Å². The van der Waals surface area contributed by atoms with Gasteiger partial charge in [0, 0.05) is 18.5 Å². The fourth-order valence-electron chi connectivity index (χ4n) is 1.97. The third-order valence-corrected chi connectivity index (χ3v) is 3.35. The van der Waals surface area contributed by atoms with Crippen LogP contribution in [0.1, 0.15) is 19.3 Å². The van der Waals surface area contributed by atoms with Gasteiger partial charge in [-0.3, -0.25) is 0 Å². The third-order valence-electron chi connectivity index (χ3n) is 3.18. The molecule has 0 aliphatic heterocycles. The molecule has 100 valence electrons. The van der Waals surface area contributed by atoms with Crippen molar-refractivity contribution in [2.24, 2.45) is 0 Å². The molecule has 18 heavy (non-hydrogen) atoms. The number of nitrogens with zero attached hydrogens (tertiary/aromatic N) is 3. The zero-order valence-corrected chi connectivity index (χ0v) is 11.5. The molecule has 1 fully saturated rings. The third kappa shape index (κ3) is 2.77. The Hall–Kier alpha value is -1.23. The largest absolute Gasteiger partial charge is 0.481 e. The molecule has 0 radical (unpaired) electrons. The fraction of sp³-hybridized carbons (Fsp3) is 0.667. The SMILES string of the molecule is COc1cc(OC)nc(N(CCCl)C2CCC2)n1. The maximum absolute atomic E-state index is 5.86. The highest BCUT2D eigenvalue weighted by Crippen LogP contribution is 2.29. The number of rotatable bonds is 6. The number of halogens is 1. The van der Waals surface area contributed by atoms with Gasteiger partial charge in [0.05, 0.1) is 20.3 Å². The van der Waals surface area contributed by atoms with Crippen LogP contribution >= 0.6 is 11.6 Å². The minimum absolute atomic E-state index is 0.487. The van der Waals surface area contributed by atoms with Crippen LogP contribution in [-0.4, -0.2) is 42.7 Å². The van der Waals surface area contributed by atoms with Gasteiger partial charge in [0.15, 0.2) is 0 Å². The summed E-state index contributed by atoms with van der Waals surface area (Å²) in [5.74, 6) is 2.21. The first-order valence-electron chi connectivity index (χ1n) is 6.08. The standard InChI is InChI=1S/C12H18ClN3O2/c1-17-10-8-11(18-2)15-12(14-10)16(7-6-13)9-4-3-5-9/h8-9H,3-7H2,1-2H3. The van der Waals surface area contributed by atoms with Crippen molar-refractivity contribution in [3.8, 4) is 11.8 Å². The Kier molecular flexibility index (Phi) is 4.47. The van der Waals surface area contributed by atoms with Crippen LogP contribution in [0.5, 0.6) is 11.8 Å². The smallest absolute Gasteiger partial charge is 0.232 e.